The van der Waals surface area contributed by atoms with Crippen LogP contribution in [-0.2, 0) is 13.9 Å². The van der Waals surface area contributed by atoms with Crippen molar-refractivity contribution < 1.29 is 13.9 Å². The average molecular weight is 258 g/mol. The van der Waals surface area contributed by atoms with E-state index in [4.69, 9.17) is 13.9 Å². The van der Waals surface area contributed by atoms with E-state index in [1.54, 1.807) is 21.1 Å². The van der Waals surface area contributed by atoms with Crippen molar-refractivity contribution in [3.8, 4) is 0 Å². The molecule has 1 aromatic rings. The number of benzene rings is 1. The minimum atomic E-state index is -0.948. The van der Waals surface area contributed by atoms with Gasteiger partial charge in [-0.25, -0.2) is 0 Å². The molecule has 3 nitrogen and oxygen atoms in total. The zero-order valence-electron chi connectivity index (χ0n) is 10.1. The lowest BCUT2D eigenvalue weighted by atomic mass is 10.2. The fourth-order valence-corrected chi connectivity index (χ4v) is 2.89. The molecule has 0 heterocycles. The second-order valence-electron chi connectivity index (χ2n) is 3.64. The van der Waals surface area contributed by atoms with E-state index in [0.29, 0.717) is 0 Å². The van der Waals surface area contributed by atoms with Gasteiger partial charge in [0.15, 0.2) is 9.76 Å². The highest BCUT2D eigenvalue weighted by Gasteiger charge is 2.23. The van der Waals surface area contributed by atoms with Crippen LogP contribution in [0.25, 0.3) is 0 Å². The normalized spacial score (nSPS) is 12.6. The van der Waals surface area contributed by atoms with Crippen LogP contribution in [0.5, 0.6) is 0 Å². The molecular weight excluding hydrogens is 240 g/mol. The van der Waals surface area contributed by atoms with Gasteiger partial charge in [0.05, 0.1) is 0 Å². The lowest BCUT2D eigenvalue weighted by Crippen LogP contribution is -2.38. The van der Waals surface area contributed by atoms with Crippen LogP contribution in [0.1, 0.15) is 12.5 Å². The lowest BCUT2D eigenvalue weighted by molar-refractivity contribution is -0.310. The fourth-order valence-electron chi connectivity index (χ4n) is 1.25. The smallest absolute Gasteiger partial charge is 0.269 e. The van der Waals surface area contributed by atoms with Gasteiger partial charge < -0.3 is 13.9 Å². The van der Waals surface area contributed by atoms with E-state index in [1.165, 1.54) is 0 Å². The number of hydrogen-bond acceptors (Lipinski definition) is 4. The molecule has 1 rings (SSSR count). The van der Waals surface area contributed by atoms with Crippen LogP contribution in [0.4, 0.5) is 0 Å². The first-order chi connectivity index (χ1) is 7.52. The largest absolute Gasteiger partial charge is 0.371 e. The predicted octanol–water partition coefficient (Wildman–Crippen LogP) is 0.976. The second-order valence-corrected chi connectivity index (χ2v) is 5.43. The Morgan fingerprint density at radius 3 is 2.44 bits per heavy atom. The number of hydrogen-bond donors (Lipinski definition) is 1. The maximum absolute atomic E-state index is 5.70. The summed E-state index contributed by atoms with van der Waals surface area (Å²) >= 11 is 4.47. The van der Waals surface area contributed by atoms with Gasteiger partial charge >= 0.3 is 0 Å². The molecule has 0 fully saturated rings. The summed E-state index contributed by atoms with van der Waals surface area (Å²) in [6, 6.07) is 6.08. The van der Waals surface area contributed by atoms with Gasteiger partial charge in [0.1, 0.15) is 0 Å². The molecule has 0 aliphatic carbocycles. The molecular formula is C11H18O3SSi. The molecule has 1 aromatic carbocycles. The highest BCUT2D eigenvalue weighted by Crippen LogP contribution is 2.13. The minimum Gasteiger partial charge on any atom is -0.371 e. The van der Waals surface area contributed by atoms with Gasteiger partial charge in [-0.05, 0) is 17.7 Å². The Labute approximate surface area is 104 Å². The fraction of sp³-hybridized carbons (Fsp3) is 0.455. The third kappa shape index (κ3) is 3.33. The molecule has 5 heteroatoms. The van der Waals surface area contributed by atoms with Crippen LogP contribution in [0.15, 0.2) is 23.1 Å². The highest BCUT2D eigenvalue weighted by molar-refractivity contribution is 7.80. The van der Waals surface area contributed by atoms with E-state index in [9.17, 15) is 0 Å². The zero-order valence-corrected chi connectivity index (χ0v) is 12.4. The number of rotatable bonds is 5. The molecule has 0 aliphatic rings. The van der Waals surface area contributed by atoms with Gasteiger partial charge in [0.25, 0.3) is 5.97 Å². The summed E-state index contributed by atoms with van der Waals surface area (Å²) in [4.78, 5) is 1.00. The molecule has 0 saturated heterocycles. The predicted molar refractivity (Wildman–Crippen MR) is 70.1 cm³/mol. The van der Waals surface area contributed by atoms with Crippen molar-refractivity contribution in [3.05, 3.63) is 23.8 Å². The summed E-state index contributed by atoms with van der Waals surface area (Å²) in [5.41, 5.74) is 1.16. The van der Waals surface area contributed by atoms with E-state index < -0.39 is 15.7 Å². The maximum atomic E-state index is 5.70. The minimum absolute atomic E-state index is 0.914. The Bertz CT molecular complexity index is 353. The summed E-state index contributed by atoms with van der Waals surface area (Å²) < 4.78 is 16.0. The Hall–Kier alpha value is -0.333. The summed E-state index contributed by atoms with van der Waals surface area (Å²) in [7, 11) is 2.22. The molecule has 90 valence electrons. The monoisotopic (exact) mass is 258 g/mol. The molecule has 0 aliphatic heterocycles. The quantitative estimate of drug-likeness (QED) is 0.485. The zero-order chi connectivity index (χ0) is 12.2. The Kier molecular flexibility index (Phi) is 5.01. The van der Waals surface area contributed by atoms with Crippen LogP contribution in [0.3, 0.4) is 0 Å². The number of thiol groups is 1. The van der Waals surface area contributed by atoms with Gasteiger partial charge in [0, 0.05) is 26.0 Å². The molecule has 0 saturated carbocycles. The van der Waals surface area contributed by atoms with Crippen molar-refractivity contribution in [2.24, 2.45) is 0 Å². The third-order valence-electron chi connectivity index (χ3n) is 2.55. The molecule has 0 spiro atoms. The molecule has 0 atom stereocenters. The van der Waals surface area contributed by atoms with E-state index in [-0.39, 0.29) is 0 Å². The van der Waals surface area contributed by atoms with Gasteiger partial charge in [-0.3, -0.25) is 0 Å². The topological polar surface area (TPSA) is 27.7 Å². The summed E-state index contributed by atoms with van der Waals surface area (Å²) in [6.07, 6.45) is 0. The second kappa shape index (κ2) is 5.84. The number of methoxy groups -OCH3 is 2. The van der Waals surface area contributed by atoms with E-state index in [0.717, 1.165) is 15.6 Å². The van der Waals surface area contributed by atoms with Crippen LogP contribution < -0.4 is 5.19 Å². The highest BCUT2D eigenvalue weighted by atomic mass is 32.1. The Morgan fingerprint density at radius 1 is 1.25 bits per heavy atom. The molecule has 0 N–H and O–H groups in total. The summed E-state index contributed by atoms with van der Waals surface area (Å²) in [5, 5.41) is 1.16. The maximum Gasteiger partial charge on any atom is 0.269 e. The van der Waals surface area contributed by atoms with Crippen LogP contribution in [0, 0.1) is 6.92 Å². The van der Waals surface area contributed by atoms with Crippen molar-refractivity contribution in [3.63, 3.8) is 0 Å². The van der Waals surface area contributed by atoms with Gasteiger partial charge in [-0.2, -0.15) is 0 Å². The van der Waals surface area contributed by atoms with Crippen molar-refractivity contribution in [2.45, 2.75) is 24.7 Å². The standard InChI is InChI=1S/C11H18O3SSi/c1-8-6-5-7-9(10(8)15)16-14-11(2,12-3)13-4/h5-7,15H,16H2,1-4H3. The first-order valence-corrected chi connectivity index (χ1v) is 6.77. The SMILES string of the molecule is COC(C)(OC)O[SiH2]c1cccc(C)c1S. The molecule has 0 amide bonds. The summed E-state index contributed by atoms with van der Waals surface area (Å²) in [6.45, 7) is 3.79. The number of aryl methyl sites for hydroxylation is 1. The molecule has 0 radical (unpaired) electrons. The molecule has 0 bridgehead atoms. The van der Waals surface area contributed by atoms with Gasteiger partial charge in [-0.1, -0.05) is 18.2 Å². The van der Waals surface area contributed by atoms with Crippen molar-refractivity contribution in [2.75, 3.05) is 14.2 Å². The van der Waals surface area contributed by atoms with Gasteiger partial charge in [0.2, 0.25) is 0 Å². The lowest BCUT2D eigenvalue weighted by Gasteiger charge is -2.26. The first kappa shape index (κ1) is 13.7. The first-order valence-electron chi connectivity index (χ1n) is 5.04. The van der Waals surface area contributed by atoms with E-state index in [2.05, 4.69) is 12.6 Å². The molecule has 0 unspecified atom stereocenters. The van der Waals surface area contributed by atoms with Crippen molar-refractivity contribution >= 4 is 27.6 Å². The summed E-state index contributed by atoms with van der Waals surface area (Å²) in [5.74, 6) is -0.948. The van der Waals surface area contributed by atoms with Crippen molar-refractivity contribution in [1.82, 2.24) is 0 Å². The molecule has 16 heavy (non-hydrogen) atoms. The Morgan fingerprint density at radius 2 is 1.88 bits per heavy atom. The number of ether oxygens (including phenoxy) is 2. The van der Waals surface area contributed by atoms with Crippen LogP contribution in [0.2, 0.25) is 0 Å². The van der Waals surface area contributed by atoms with Crippen molar-refractivity contribution in [1.29, 1.82) is 0 Å². The Balaban J connectivity index is 2.71. The van der Waals surface area contributed by atoms with Crippen LogP contribution in [-0.4, -0.2) is 30.0 Å². The van der Waals surface area contributed by atoms with Gasteiger partial charge in [-0.15, -0.1) is 12.6 Å². The van der Waals surface area contributed by atoms with E-state index in [1.807, 2.05) is 25.1 Å². The van der Waals surface area contributed by atoms with Crippen LogP contribution >= 0.6 is 12.6 Å². The third-order valence-corrected chi connectivity index (χ3v) is 5.06. The van der Waals surface area contributed by atoms with E-state index >= 15 is 0 Å². The molecule has 0 aromatic heterocycles. The average Bonchev–Trinajstić information content (AvgIpc) is 2.31.